The van der Waals surface area contributed by atoms with E-state index < -0.39 is 0 Å². The second-order valence-electron chi connectivity index (χ2n) is 6.96. The van der Waals surface area contributed by atoms with Crippen LogP contribution in [0.15, 0.2) is 48.5 Å². The van der Waals surface area contributed by atoms with Gasteiger partial charge in [0.25, 0.3) is 0 Å². The van der Waals surface area contributed by atoms with E-state index in [0.717, 1.165) is 16.2 Å². The first-order chi connectivity index (χ1) is 11.9. The highest BCUT2D eigenvalue weighted by atomic mass is 32.1. The van der Waals surface area contributed by atoms with Gasteiger partial charge in [-0.15, -0.1) is 0 Å². The summed E-state index contributed by atoms with van der Waals surface area (Å²) in [6, 6.07) is 15.8. The number of rotatable bonds is 7. The Morgan fingerprint density at radius 1 is 0.880 bits per heavy atom. The van der Waals surface area contributed by atoms with Crippen LogP contribution in [0.1, 0.15) is 73.9 Å². The second-order valence-corrected chi connectivity index (χ2v) is 7.45. The van der Waals surface area contributed by atoms with Crippen LogP contribution < -0.4 is 5.32 Å². The minimum Gasteiger partial charge on any atom is -0.350 e. The molecule has 0 saturated heterocycles. The van der Waals surface area contributed by atoms with Gasteiger partial charge < -0.3 is 5.32 Å². The topological polar surface area (TPSA) is 29.1 Å². The lowest BCUT2D eigenvalue weighted by Crippen LogP contribution is -2.15. The van der Waals surface area contributed by atoms with Crippen LogP contribution in [0.2, 0.25) is 0 Å². The van der Waals surface area contributed by atoms with Crippen molar-refractivity contribution in [3.8, 4) is 0 Å². The van der Waals surface area contributed by atoms with Gasteiger partial charge in [0.1, 0.15) is 0 Å². The molecular formula is C22H27NOS. The maximum atomic E-state index is 12.3. The van der Waals surface area contributed by atoms with Gasteiger partial charge in [-0.25, -0.2) is 0 Å². The lowest BCUT2D eigenvalue weighted by atomic mass is 9.92. The van der Waals surface area contributed by atoms with Crippen LogP contribution >= 0.6 is 12.2 Å². The molecule has 0 unspecified atom stereocenters. The summed E-state index contributed by atoms with van der Waals surface area (Å²) >= 11 is 5.53. The number of carbonyl (C=O) groups is 1. The van der Waals surface area contributed by atoms with Crippen LogP contribution in [0, 0.1) is 0 Å². The molecule has 0 spiro atoms. The summed E-state index contributed by atoms with van der Waals surface area (Å²) in [6.45, 7) is 8.75. The Morgan fingerprint density at radius 2 is 1.44 bits per heavy atom. The zero-order valence-electron chi connectivity index (χ0n) is 15.5. The number of benzene rings is 2. The third-order valence-electron chi connectivity index (χ3n) is 4.31. The molecule has 2 aromatic rings. The number of carbonyl (C=O) groups excluding carboxylic acids is 1. The summed E-state index contributed by atoms with van der Waals surface area (Å²) in [7, 11) is 0. The second kappa shape index (κ2) is 8.91. The summed E-state index contributed by atoms with van der Waals surface area (Å²) in [6.07, 6.45) is 0.990. The maximum Gasteiger partial charge on any atom is 0.163 e. The van der Waals surface area contributed by atoms with Gasteiger partial charge in [0, 0.05) is 24.1 Å². The number of thiocarbonyl (C=S) groups is 1. The minimum atomic E-state index is 0.131. The van der Waals surface area contributed by atoms with Gasteiger partial charge in [-0.05, 0) is 23.0 Å². The number of anilines is 1. The van der Waals surface area contributed by atoms with Crippen molar-refractivity contribution in [1.82, 2.24) is 0 Å². The van der Waals surface area contributed by atoms with Gasteiger partial charge >= 0.3 is 0 Å². The van der Waals surface area contributed by atoms with Gasteiger partial charge in [-0.1, -0.05) is 88.4 Å². The van der Waals surface area contributed by atoms with E-state index in [1.165, 1.54) is 11.1 Å². The largest absolute Gasteiger partial charge is 0.350 e. The highest BCUT2D eigenvalue weighted by molar-refractivity contribution is 7.80. The van der Waals surface area contributed by atoms with Crippen molar-refractivity contribution in [3.63, 3.8) is 0 Å². The van der Waals surface area contributed by atoms with E-state index in [4.69, 9.17) is 12.2 Å². The molecule has 0 aliphatic rings. The van der Waals surface area contributed by atoms with Crippen LogP contribution in [-0.2, 0) is 0 Å². The maximum absolute atomic E-state index is 12.3. The molecule has 2 aromatic carbocycles. The summed E-state index contributed by atoms with van der Waals surface area (Å²) < 4.78 is 0. The summed E-state index contributed by atoms with van der Waals surface area (Å²) in [5.41, 5.74) is 4.39. The highest BCUT2D eigenvalue weighted by Crippen LogP contribution is 2.32. The molecule has 0 bridgehead atoms. The van der Waals surface area contributed by atoms with Crippen molar-refractivity contribution >= 4 is 28.7 Å². The normalized spacial score (nSPS) is 11.0. The van der Waals surface area contributed by atoms with Crippen molar-refractivity contribution in [2.24, 2.45) is 0 Å². The molecule has 0 aliphatic heterocycles. The predicted octanol–water partition coefficient (Wildman–Crippen LogP) is 6.34. The number of Topliss-reactive ketones (excluding diaryl/α,β-unsaturated/α-hetero) is 1. The van der Waals surface area contributed by atoms with Crippen molar-refractivity contribution in [2.45, 2.75) is 52.4 Å². The smallest absolute Gasteiger partial charge is 0.163 e. The Kier molecular flexibility index (Phi) is 6.89. The van der Waals surface area contributed by atoms with Crippen LogP contribution in [0.25, 0.3) is 0 Å². The van der Waals surface area contributed by atoms with E-state index in [9.17, 15) is 4.79 Å². The Bertz CT molecular complexity index is 709. The SMILES string of the molecule is CC(C)c1cccc(C(C)C)c1NC(=S)CCC(=O)c1ccccc1. The number of para-hydroxylation sites is 1. The van der Waals surface area contributed by atoms with E-state index in [1.54, 1.807) is 0 Å². The van der Waals surface area contributed by atoms with Gasteiger partial charge in [-0.3, -0.25) is 4.79 Å². The zero-order chi connectivity index (χ0) is 18.4. The monoisotopic (exact) mass is 353 g/mol. The Hall–Kier alpha value is -2.00. The lowest BCUT2D eigenvalue weighted by Gasteiger charge is -2.21. The van der Waals surface area contributed by atoms with E-state index in [0.29, 0.717) is 24.7 Å². The highest BCUT2D eigenvalue weighted by Gasteiger charge is 2.15. The molecule has 0 amide bonds. The van der Waals surface area contributed by atoms with Crippen LogP contribution in [0.5, 0.6) is 0 Å². The fourth-order valence-electron chi connectivity index (χ4n) is 2.89. The number of hydrogen-bond donors (Lipinski definition) is 1. The van der Waals surface area contributed by atoms with Crippen molar-refractivity contribution in [3.05, 3.63) is 65.2 Å². The van der Waals surface area contributed by atoms with Gasteiger partial charge in [0.05, 0.1) is 4.99 Å². The number of ketones is 1. The summed E-state index contributed by atoms with van der Waals surface area (Å²) in [5.74, 6) is 0.955. The molecule has 0 aliphatic carbocycles. The Balaban J connectivity index is 2.09. The average molecular weight is 354 g/mol. The quantitative estimate of drug-likeness (QED) is 0.465. The molecule has 0 fully saturated rings. The zero-order valence-corrected chi connectivity index (χ0v) is 16.3. The van der Waals surface area contributed by atoms with Crippen LogP contribution in [0.4, 0.5) is 5.69 Å². The first-order valence-corrected chi connectivity index (χ1v) is 9.32. The fraction of sp³-hybridized carbons (Fsp3) is 0.364. The average Bonchev–Trinajstić information content (AvgIpc) is 2.60. The molecule has 2 nitrogen and oxygen atoms in total. The van der Waals surface area contributed by atoms with Crippen molar-refractivity contribution in [1.29, 1.82) is 0 Å². The third-order valence-corrected chi connectivity index (χ3v) is 4.62. The minimum absolute atomic E-state index is 0.131. The van der Waals surface area contributed by atoms with E-state index in [2.05, 4.69) is 51.2 Å². The van der Waals surface area contributed by atoms with Gasteiger partial charge in [-0.2, -0.15) is 0 Å². The molecule has 2 rings (SSSR count). The molecule has 1 N–H and O–H groups in total. The summed E-state index contributed by atoms with van der Waals surface area (Å²) in [4.78, 5) is 13.0. The van der Waals surface area contributed by atoms with E-state index >= 15 is 0 Å². The van der Waals surface area contributed by atoms with Crippen molar-refractivity contribution in [2.75, 3.05) is 5.32 Å². The standard InChI is InChI=1S/C22H27NOS/c1-15(2)18-11-8-12-19(16(3)4)22(18)23-21(25)14-13-20(24)17-9-6-5-7-10-17/h5-12,15-16H,13-14H2,1-4H3,(H,23,25). The number of hydrogen-bond acceptors (Lipinski definition) is 2. The van der Waals surface area contributed by atoms with Gasteiger partial charge in [0.15, 0.2) is 5.78 Å². The molecule has 0 radical (unpaired) electrons. The Morgan fingerprint density at radius 3 is 1.96 bits per heavy atom. The van der Waals surface area contributed by atoms with Crippen LogP contribution in [0.3, 0.4) is 0 Å². The predicted molar refractivity (Wildman–Crippen MR) is 111 cm³/mol. The van der Waals surface area contributed by atoms with Gasteiger partial charge in [0.2, 0.25) is 0 Å². The fourth-order valence-corrected chi connectivity index (χ4v) is 3.10. The summed E-state index contributed by atoms with van der Waals surface area (Å²) in [5, 5.41) is 3.43. The molecular weight excluding hydrogens is 326 g/mol. The molecule has 0 atom stereocenters. The first-order valence-electron chi connectivity index (χ1n) is 8.91. The molecule has 3 heteroatoms. The van der Waals surface area contributed by atoms with Crippen molar-refractivity contribution < 1.29 is 4.79 Å². The molecule has 0 heterocycles. The molecule has 25 heavy (non-hydrogen) atoms. The molecule has 0 aromatic heterocycles. The molecule has 132 valence electrons. The first kappa shape index (κ1) is 19.3. The third kappa shape index (κ3) is 5.23. The lowest BCUT2D eigenvalue weighted by molar-refractivity contribution is 0.0985. The molecule has 0 saturated carbocycles. The number of nitrogens with one attached hydrogen (secondary N) is 1. The van der Waals surface area contributed by atoms with Crippen LogP contribution in [-0.4, -0.2) is 10.8 Å². The van der Waals surface area contributed by atoms with E-state index in [1.807, 2.05) is 30.3 Å². The van der Waals surface area contributed by atoms with E-state index in [-0.39, 0.29) is 5.78 Å². The Labute approximate surface area is 156 Å².